The number of amides is 2. The van der Waals surface area contributed by atoms with E-state index in [-0.39, 0.29) is 16.3 Å². The van der Waals surface area contributed by atoms with Crippen LogP contribution in [0.4, 0.5) is 18.9 Å². The van der Waals surface area contributed by atoms with Crippen molar-refractivity contribution in [2.75, 3.05) is 5.32 Å². The van der Waals surface area contributed by atoms with Gasteiger partial charge in [-0.1, -0.05) is 23.7 Å². The van der Waals surface area contributed by atoms with Crippen molar-refractivity contribution >= 4 is 29.1 Å². The van der Waals surface area contributed by atoms with Gasteiger partial charge in [0.25, 0.3) is 11.8 Å². The number of halogens is 4. The molecule has 0 aromatic heterocycles. The van der Waals surface area contributed by atoms with Gasteiger partial charge in [-0.2, -0.15) is 13.2 Å². The van der Waals surface area contributed by atoms with Crippen LogP contribution in [0.5, 0.6) is 5.75 Å². The molecule has 26 heavy (non-hydrogen) atoms. The highest BCUT2D eigenvalue weighted by atomic mass is 35.5. The van der Waals surface area contributed by atoms with Crippen LogP contribution in [0.1, 0.15) is 22.8 Å². The number of carbonyl (C=O) groups is 2. The SMILES string of the molecule is C[C@@H](Oc1ccc(Cl)cc1C(N)=O)C(=O)Nc1ccccc1C(F)(F)F. The molecule has 0 bridgehead atoms. The molecule has 0 radical (unpaired) electrons. The summed E-state index contributed by atoms with van der Waals surface area (Å²) in [6, 6.07) is 8.59. The molecule has 9 heteroatoms. The third kappa shape index (κ3) is 4.66. The van der Waals surface area contributed by atoms with Crippen molar-refractivity contribution in [3.05, 3.63) is 58.6 Å². The molecule has 0 aliphatic heterocycles. The summed E-state index contributed by atoms with van der Waals surface area (Å²) in [4.78, 5) is 23.6. The van der Waals surface area contributed by atoms with Crippen molar-refractivity contribution in [2.24, 2.45) is 5.73 Å². The summed E-state index contributed by atoms with van der Waals surface area (Å²) in [7, 11) is 0. The number of ether oxygens (including phenoxy) is 1. The topological polar surface area (TPSA) is 81.4 Å². The van der Waals surface area contributed by atoms with Crippen LogP contribution < -0.4 is 15.8 Å². The van der Waals surface area contributed by atoms with Gasteiger partial charge in [0.2, 0.25) is 0 Å². The average Bonchev–Trinajstić information content (AvgIpc) is 2.55. The Morgan fingerprint density at radius 3 is 2.46 bits per heavy atom. The standard InChI is InChI=1S/C17H14ClF3N2O3/c1-9(26-14-7-6-10(18)8-11(14)15(22)24)16(25)23-13-5-3-2-4-12(13)17(19,20)21/h2-9H,1H3,(H2,22,24)(H,23,25)/t9-/m1/s1. The molecule has 0 saturated heterocycles. The molecule has 0 unspecified atom stereocenters. The van der Waals surface area contributed by atoms with Crippen molar-refractivity contribution in [1.82, 2.24) is 0 Å². The Bertz CT molecular complexity index is 840. The predicted octanol–water partition coefficient (Wildman–Crippen LogP) is 3.86. The van der Waals surface area contributed by atoms with Crippen LogP contribution in [-0.4, -0.2) is 17.9 Å². The maximum atomic E-state index is 13.0. The number of para-hydroxylation sites is 1. The van der Waals surface area contributed by atoms with E-state index in [1.165, 1.54) is 37.3 Å². The number of alkyl halides is 3. The number of benzene rings is 2. The summed E-state index contributed by atoms with van der Waals surface area (Å²) in [5.41, 5.74) is 3.80. The Labute approximate surface area is 151 Å². The van der Waals surface area contributed by atoms with E-state index in [0.29, 0.717) is 0 Å². The van der Waals surface area contributed by atoms with Crippen LogP contribution in [0.25, 0.3) is 0 Å². The summed E-state index contributed by atoms with van der Waals surface area (Å²) < 4.78 is 44.3. The van der Waals surface area contributed by atoms with Gasteiger partial charge >= 0.3 is 6.18 Å². The molecule has 0 heterocycles. The zero-order chi connectivity index (χ0) is 19.5. The minimum Gasteiger partial charge on any atom is -0.480 e. The Kier molecular flexibility index (Phi) is 5.76. The third-order valence-electron chi connectivity index (χ3n) is 3.37. The van der Waals surface area contributed by atoms with Crippen LogP contribution in [0.15, 0.2) is 42.5 Å². The smallest absolute Gasteiger partial charge is 0.418 e. The van der Waals surface area contributed by atoms with Gasteiger partial charge in [-0.3, -0.25) is 9.59 Å². The van der Waals surface area contributed by atoms with E-state index in [4.69, 9.17) is 22.1 Å². The van der Waals surface area contributed by atoms with E-state index in [2.05, 4.69) is 5.32 Å². The van der Waals surface area contributed by atoms with Crippen LogP contribution in [0.3, 0.4) is 0 Å². The third-order valence-corrected chi connectivity index (χ3v) is 3.61. The first kappa shape index (κ1) is 19.6. The molecule has 0 fully saturated rings. The van der Waals surface area contributed by atoms with Gasteiger partial charge in [0.15, 0.2) is 6.10 Å². The van der Waals surface area contributed by atoms with Crippen LogP contribution in [-0.2, 0) is 11.0 Å². The van der Waals surface area contributed by atoms with Gasteiger partial charge < -0.3 is 15.8 Å². The Morgan fingerprint density at radius 1 is 1.19 bits per heavy atom. The number of rotatable bonds is 5. The molecule has 2 rings (SSSR count). The van der Waals surface area contributed by atoms with Gasteiger partial charge in [0, 0.05) is 5.02 Å². The number of hydrogen-bond donors (Lipinski definition) is 2. The highest BCUT2D eigenvalue weighted by Gasteiger charge is 2.34. The van der Waals surface area contributed by atoms with E-state index in [1.807, 2.05) is 0 Å². The number of anilines is 1. The van der Waals surface area contributed by atoms with Gasteiger partial charge in [-0.05, 0) is 37.3 Å². The van der Waals surface area contributed by atoms with E-state index in [0.717, 1.165) is 12.1 Å². The molecule has 2 aromatic rings. The van der Waals surface area contributed by atoms with Gasteiger partial charge in [-0.25, -0.2) is 0 Å². The van der Waals surface area contributed by atoms with Gasteiger partial charge in [-0.15, -0.1) is 0 Å². The van der Waals surface area contributed by atoms with Crippen molar-refractivity contribution in [3.63, 3.8) is 0 Å². The summed E-state index contributed by atoms with van der Waals surface area (Å²) in [5, 5.41) is 2.41. The number of hydrogen-bond acceptors (Lipinski definition) is 3. The molecule has 0 aliphatic carbocycles. The van der Waals surface area contributed by atoms with E-state index in [9.17, 15) is 22.8 Å². The van der Waals surface area contributed by atoms with Gasteiger partial charge in [0.1, 0.15) is 5.75 Å². The zero-order valence-corrected chi connectivity index (χ0v) is 14.2. The summed E-state index contributed by atoms with van der Waals surface area (Å²) in [6.07, 6.45) is -5.82. The summed E-state index contributed by atoms with van der Waals surface area (Å²) in [5.74, 6) is -1.65. The number of carbonyl (C=O) groups excluding carboxylic acids is 2. The number of nitrogens with two attached hydrogens (primary N) is 1. The maximum Gasteiger partial charge on any atom is 0.418 e. The normalized spacial score (nSPS) is 12.3. The van der Waals surface area contributed by atoms with E-state index in [1.54, 1.807) is 0 Å². The average molecular weight is 387 g/mol. The molecule has 0 spiro atoms. The van der Waals surface area contributed by atoms with Crippen LogP contribution in [0, 0.1) is 0 Å². The maximum absolute atomic E-state index is 13.0. The van der Waals surface area contributed by atoms with Crippen LogP contribution in [0.2, 0.25) is 5.02 Å². The lowest BCUT2D eigenvalue weighted by molar-refractivity contribution is -0.137. The highest BCUT2D eigenvalue weighted by molar-refractivity contribution is 6.31. The fourth-order valence-corrected chi connectivity index (χ4v) is 2.29. The lowest BCUT2D eigenvalue weighted by Crippen LogP contribution is -2.31. The molecule has 0 aliphatic rings. The molecule has 5 nitrogen and oxygen atoms in total. The molecule has 2 aromatic carbocycles. The zero-order valence-electron chi connectivity index (χ0n) is 13.4. The minimum absolute atomic E-state index is 0.00587. The highest BCUT2D eigenvalue weighted by Crippen LogP contribution is 2.34. The fourth-order valence-electron chi connectivity index (χ4n) is 2.12. The molecule has 2 amide bonds. The summed E-state index contributed by atoms with van der Waals surface area (Å²) >= 11 is 5.78. The van der Waals surface area contributed by atoms with Gasteiger partial charge in [0.05, 0.1) is 16.8 Å². The Hall–Kier alpha value is -2.74. The monoisotopic (exact) mass is 386 g/mol. The Morgan fingerprint density at radius 2 is 1.85 bits per heavy atom. The van der Waals surface area contributed by atoms with Crippen molar-refractivity contribution < 1.29 is 27.5 Å². The largest absolute Gasteiger partial charge is 0.480 e. The predicted molar refractivity (Wildman–Crippen MR) is 90.1 cm³/mol. The molecule has 0 saturated carbocycles. The molecule has 138 valence electrons. The molecule has 1 atom stereocenters. The first-order valence-corrected chi connectivity index (χ1v) is 7.70. The molecular formula is C17H14ClF3N2O3. The second kappa shape index (κ2) is 7.65. The second-order valence-corrected chi connectivity index (χ2v) is 5.73. The Balaban J connectivity index is 2.19. The first-order valence-electron chi connectivity index (χ1n) is 7.32. The lowest BCUT2D eigenvalue weighted by atomic mass is 10.1. The molecular weight excluding hydrogens is 373 g/mol. The quantitative estimate of drug-likeness (QED) is 0.818. The van der Waals surface area contributed by atoms with Crippen molar-refractivity contribution in [2.45, 2.75) is 19.2 Å². The second-order valence-electron chi connectivity index (χ2n) is 5.30. The number of primary amides is 1. The summed E-state index contributed by atoms with van der Waals surface area (Å²) in [6.45, 7) is 1.32. The molecule has 3 N–H and O–H groups in total. The van der Waals surface area contributed by atoms with E-state index >= 15 is 0 Å². The van der Waals surface area contributed by atoms with Crippen LogP contribution >= 0.6 is 11.6 Å². The number of nitrogens with one attached hydrogen (secondary N) is 1. The minimum atomic E-state index is -4.62. The van der Waals surface area contributed by atoms with Crippen molar-refractivity contribution in [3.8, 4) is 5.75 Å². The fraction of sp³-hybridized carbons (Fsp3) is 0.176. The van der Waals surface area contributed by atoms with Crippen molar-refractivity contribution in [1.29, 1.82) is 0 Å². The lowest BCUT2D eigenvalue weighted by Gasteiger charge is -2.18. The van der Waals surface area contributed by atoms with E-state index < -0.39 is 35.3 Å². The first-order chi connectivity index (χ1) is 12.1.